The Balaban J connectivity index is 2.10. The molecule has 1 aromatic carbocycles. The highest BCUT2D eigenvalue weighted by Gasteiger charge is 2.39. The van der Waals surface area contributed by atoms with E-state index in [2.05, 4.69) is 24.3 Å². The zero-order chi connectivity index (χ0) is 14.9. The Hall–Kier alpha value is -1.23. The summed E-state index contributed by atoms with van der Waals surface area (Å²) in [4.78, 5) is 5.79. The highest BCUT2D eigenvalue weighted by molar-refractivity contribution is 7.12. The first kappa shape index (κ1) is 14.7. The van der Waals surface area contributed by atoms with E-state index in [9.17, 15) is 5.11 Å². The third-order valence-corrected chi connectivity index (χ3v) is 5.83. The minimum Gasteiger partial charge on any atom is -0.388 e. The predicted octanol–water partition coefficient (Wildman–Crippen LogP) is 3.60. The molecule has 1 saturated heterocycles. The SMILES string of the molecule is Cc1nc(C2(c3ccccc3)CCOCC2)sc1C(C)O. The van der Waals surface area contributed by atoms with E-state index in [1.165, 1.54) is 5.56 Å². The maximum atomic E-state index is 9.92. The minimum atomic E-state index is -0.455. The summed E-state index contributed by atoms with van der Waals surface area (Å²) < 4.78 is 5.58. The van der Waals surface area contributed by atoms with E-state index in [4.69, 9.17) is 9.72 Å². The van der Waals surface area contributed by atoms with Crippen LogP contribution in [0.4, 0.5) is 0 Å². The van der Waals surface area contributed by atoms with Crippen LogP contribution >= 0.6 is 11.3 Å². The van der Waals surface area contributed by atoms with Crippen molar-refractivity contribution in [1.29, 1.82) is 0 Å². The maximum absolute atomic E-state index is 9.92. The molecule has 2 aromatic rings. The fourth-order valence-electron chi connectivity index (χ4n) is 3.10. The van der Waals surface area contributed by atoms with Crippen LogP contribution in [0.5, 0.6) is 0 Å². The molecule has 0 amide bonds. The van der Waals surface area contributed by atoms with E-state index >= 15 is 0 Å². The summed E-state index contributed by atoms with van der Waals surface area (Å²) in [5.41, 5.74) is 2.19. The smallest absolute Gasteiger partial charge is 0.104 e. The lowest BCUT2D eigenvalue weighted by Gasteiger charge is -2.36. The van der Waals surface area contributed by atoms with Gasteiger partial charge >= 0.3 is 0 Å². The van der Waals surface area contributed by atoms with E-state index < -0.39 is 6.10 Å². The summed E-state index contributed by atoms with van der Waals surface area (Å²) in [5, 5.41) is 11.0. The lowest BCUT2D eigenvalue weighted by molar-refractivity contribution is 0.0630. The lowest BCUT2D eigenvalue weighted by atomic mass is 9.74. The summed E-state index contributed by atoms with van der Waals surface area (Å²) in [5.74, 6) is 0. The Kier molecular flexibility index (Phi) is 4.11. The number of thiazole rings is 1. The number of aryl methyl sites for hydroxylation is 1. The molecule has 1 aromatic heterocycles. The first-order valence-corrected chi connectivity index (χ1v) is 8.24. The van der Waals surface area contributed by atoms with Crippen LogP contribution in [0.25, 0.3) is 0 Å². The van der Waals surface area contributed by atoms with Crippen molar-refractivity contribution in [3.63, 3.8) is 0 Å². The second-order valence-corrected chi connectivity index (χ2v) is 6.74. The molecule has 4 heteroatoms. The van der Waals surface area contributed by atoms with Crippen LogP contribution in [-0.4, -0.2) is 23.3 Å². The van der Waals surface area contributed by atoms with E-state index in [1.54, 1.807) is 11.3 Å². The highest BCUT2D eigenvalue weighted by atomic mass is 32.1. The number of nitrogens with zero attached hydrogens (tertiary/aromatic N) is 1. The number of hydrogen-bond acceptors (Lipinski definition) is 4. The topological polar surface area (TPSA) is 42.4 Å². The number of hydrogen-bond donors (Lipinski definition) is 1. The fraction of sp³-hybridized carbons (Fsp3) is 0.471. The molecule has 1 unspecified atom stereocenters. The third kappa shape index (κ3) is 2.63. The number of aromatic nitrogens is 1. The van der Waals surface area contributed by atoms with Gasteiger partial charge in [0, 0.05) is 13.2 Å². The van der Waals surface area contributed by atoms with E-state index in [0.29, 0.717) is 0 Å². The van der Waals surface area contributed by atoms with Crippen LogP contribution in [0, 0.1) is 6.92 Å². The molecule has 2 heterocycles. The Labute approximate surface area is 129 Å². The fourth-order valence-corrected chi connectivity index (χ4v) is 4.38. The molecular formula is C17H21NO2S. The first-order chi connectivity index (χ1) is 10.1. The van der Waals surface area contributed by atoms with Crippen molar-refractivity contribution >= 4 is 11.3 Å². The minimum absolute atomic E-state index is 0.0674. The van der Waals surface area contributed by atoms with Crippen LogP contribution < -0.4 is 0 Å². The average molecular weight is 303 g/mol. The Morgan fingerprint density at radius 2 is 1.90 bits per heavy atom. The van der Waals surface area contributed by atoms with Crippen molar-refractivity contribution in [1.82, 2.24) is 4.98 Å². The number of rotatable bonds is 3. The molecule has 0 spiro atoms. The summed E-state index contributed by atoms with van der Waals surface area (Å²) in [7, 11) is 0. The van der Waals surface area contributed by atoms with Gasteiger partial charge < -0.3 is 9.84 Å². The molecule has 0 radical (unpaired) electrons. The zero-order valence-corrected chi connectivity index (χ0v) is 13.3. The van der Waals surface area contributed by atoms with Crippen molar-refractivity contribution in [3.8, 4) is 0 Å². The monoisotopic (exact) mass is 303 g/mol. The molecule has 1 fully saturated rings. The molecule has 1 atom stereocenters. The van der Waals surface area contributed by atoms with Crippen LogP contribution in [0.1, 0.15) is 47.0 Å². The summed E-state index contributed by atoms with van der Waals surface area (Å²) >= 11 is 1.65. The van der Waals surface area contributed by atoms with Crippen molar-refractivity contribution in [2.24, 2.45) is 0 Å². The lowest BCUT2D eigenvalue weighted by Crippen LogP contribution is -2.34. The number of benzene rings is 1. The number of aliphatic hydroxyl groups excluding tert-OH is 1. The molecule has 21 heavy (non-hydrogen) atoms. The second kappa shape index (κ2) is 5.87. The molecule has 1 N–H and O–H groups in total. The second-order valence-electron chi connectivity index (χ2n) is 5.71. The van der Waals surface area contributed by atoms with E-state index in [-0.39, 0.29) is 5.41 Å². The molecule has 3 nitrogen and oxygen atoms in total. The quantitative estimate of drug-likeness (QED) is 0.942. The van der Waals surface area contributed by atoms with Crippen molar-refractivity contribution < 1.29 is 9.84 Å². The maximum Gasteiger partial charge on any atom is 0.104 e. The number of ether oxygens (including phenoxy) is 1. The van der Waals surface area contributed by atoms with Crippen molar-refractivity contribution in [2.45, 2.75) is 38.2 Å². The van der Waals surface area contributed by atoms with Gasteiger partial charge in [-0.05, 0) is 32.3 Å². The molecule has 0 bridgehead atoms. The first-order valence-electron chi connectivity index (χ1n) is 7.42. The molecule has 0 saturated carbocycles. The molecule has 112 valence electrons. The predicted molar refractivity (Wildman–Crippen MR) is 84.8 cm³/mol. The molecule has 3 rings (SSSR count). The summed E-state index contributed by atoms with van der Waals surface area (Å²) in [6, 6.07) is 10.6. The van der Waals surface area contributed by atoms with Crippen LogP contribution in [0.15, 0.2) is 30.3 Å². The standard InChI is InChI=1S/C17H21NO2S/c1-12-15(13(2)19)21-16(18-12)17(8-10-20-11-9-17)14-6-4-3-5-7-14/h3-7,13,19H,8-11H2,1-2H3. The Morgan fingerprint density at radius 3 is 2.48 bits per heavy atom. The van der Waals surface area contributed by atoms with Crippen molar-refractivity contribution in [2.75, 3.05) is 13.2 Å². The molecule has 1 aliphatic rings. The third-order valence-electron chi connectivity index (χ3n) is 4.29. The zero-order valence-electron chi connectivity index (χ0n) is 12.5. The molecule has 1 aliphatic heterocycles. The number of aliphatic hydroxyl groups is 1. The molecule has 0 aliphatic carbocycles. The summed E-state index contributed by atoms with van der Waals surface area (Å²) in [6.07, 6.45) is 1.44. The van der Waals surface area contributed by atoms with Crippen molar-refractivity contribution in [3.05, 3.63) is 51.5 Å². The molecular weight excluding hydrogens is 282 g/mol. The van der Waals surface area contributed by atoms with Gasteiger partial charge in [0.2, 0.25) is 0 Å². The largest absolute Gasteiger partial charge is 0.388 e. The van der Waals surface area contributed by atoms with Crippen LogP contribution in [0.3, 0.4) is 0 Å². The Morgan fingerprint density at radius 1 is 1.24 bits per heavy atom. The van der Waals surface area contributed by atoms with Gasteiger partial charge in [-0.1, -0.05) is 30.3 Å². The van der Waals surface area contributed by atoms with Gasteiger partial charge in [-0.3, -0.25) is 0 Å². The van der Waals surface area contributed by atoms with Gasteiger partial charge in [0.25, 0.3) is 0 Å². The van der Waals surface area contributed by atoms with Gasteiger partial charge in [-0.15, -0.1) is 11.3 Å². The van der Waals surface area contributed by atoms with Crippen LogP contribution in [-0.2, 0) is 10.2 Å². The van der Waals surface area contributed by atoms with Gasteiger partial charge in [0.15, 0.2) is 0 Å². The van der Waals surface area contributed by atoms with Gasteiger partial charge in [0.1, 0.15) is 5.01 Å². The average Bonchev–Trinajstić information content (AvgIpc) is 2.91. The Bertz CT molecular complexity index is 601. The van der Waals surface area contributed by atoms with E-state index in [0.717, 1.165) is 41.6 Å². The van der Waals surface area contributed by atoms with Gasteiger partial charge in [0.05, 0.1) is 22.1 Å². The highest BCUT2D eigenvalue weighted by Crippen LogP contribution is 2.44. The van der Waals surface area contributed by atoms with Crippen LogP contribution in [0.2, 0.25) is 0 Å². The van der Waals surface area contributed by atoms with E-state index in [1.807, 2.05) is 19.9 Å². The normalized spacial score (nSPS) is 19.4. The van der Waals surface area contributed by atoms with Gasteiger partial charge in [-0.2, -0.15) is 0 Å². The summed E-state index contributed by atoms with van der Waals surface area (Å²) in [6.45, 7) is 5.32. The van der Waals surface area contributed by atoms with Gasteiger partial charge in [-0.25, -0.2) is 4.98 Å².